The van der Waals surface area contributed by atoms with Crippen molar-refractivity contribution in [1.82, 2.24) is 14.5 Å². The van der Waals surface area contributed by atoms with E-state index >= 15 is 0 Å². The van der Waals surface area contributed by atoms with Crippen molar-refractivity contribution in [2.24, 2.45) is 0 Å². The molecule has 2 aromatic carbocycles. The minimum absolute atomic E-state index is 0.00655. The van der Waals surface area contributed by atoms with Gasteiger partial charge in [-0.3, -0.25) is 15.0 Å². The summed E-state index contributed by atoms with van der Waals surface area (Å²) in [4.78, 5) is 28.8. The summed E-state index contributed by atoms with van der Waals surface area (Å²) >= 11 is 0. The Morgan fingerprint density at radius 3 is 2.77 bits per heavy atom. The number of hydrogen-bond donors (Lipinski definition) is 0. The van der Waals surface area contributed by atoms with Crippen molar-refractivity contribution < 1.29 is 14.5 Å². The largest absolute Gasteiger partial charge is 0.445 e. The van der Waals surface area contributed by atoms with Gasteiger partial charge in [0.15, 0.2) is 0 Å². The number of rotatable bonds is 3. The molecule has 0 saturated heterocycles. The van der Waals surface area contributed by atoms with Crippen LogP contribution in [0.4, 0.5) is 10.5 Å². The first-order chi connectivity index (χ1) is 12.6. The highest BCUT2D eigenvalue weighted by molar-refractivity contribution is 5.79. The Morgan fingerprint density at radius 1 is 1.19 bits per heavy atom. The number of carbonyl (C=O) groups excluding carboxylic acids is 1. The second-order valence-electron chi connectivity index (χ2n) is 6.07. The zero-order valence-corrected chi connectivity index (χ0v) is 13.9. The zero-order valence-electron chi connectivity index (χ0n) is 13.9. The van der Waals surface area contributed by atoms with Crippen LogP contribution in [-0.4, -0.2) is 32.0 Å². The number of carbonyl (C=O) groups is 1. The van der Waals surface area contributed by atoms with Crippen LogP contribution in [0, 0.1) is 10.1 Å². The van der Waals surface area contributed by atoms with E-state index in [0.29, 0.717) is 31.0 Å². The Kier molecular flexibility index (Phi) is 4.00. The number of nitro groups is 1. The lowest BCUT2D eigenvalue weighted by molar-refractivity contribution is -0.384. The van der Waals surface area contributed by atoms with E-state index in [1.807, 2.05) is 34.9 Å². The first kappa shape index (κ1) is 16.1. The zero-order chi connectivity index (χ0) is 18.1. The number of hydrogen-bond acceptors (Lipinski definition) is 5. The number of amides is 1. The topological polar surface area (TPSA) is 90.5 Å². The normalized spacial score (nSPS) is 13.5. The van der Waals surface area contributed by atoms with Gasteiger partial charge in [0.25, 0.3) is 5.69 Å². The summed E-state index contributed by atoms with van der Waals surface area (Å²) in [6.07, 6.45) is -0.391. The summed E-state index contributed by atoms with van der Waals surface area (Å²) in [5, 5.41) is 10.9. The third kappa shape index (κ3) is 2.97. The molecule has 0 saturated carbocycles. The Balaban J connectivity index is 1.49. The van der Waals surface area contributed by atoms with Crippen LogP contribution in [0.3, 0.4) is 0 Å². The number of nitrogens with zero attached hydrogens (tertiary/aromatic N) is 4. The van der Waals surface area contributed by atoms with Gasteiger partial charge in [-0.2, -0.15) is 0 Å². The van der Waals surface area contributed by atoms with Gasteiger partial charge in [-0.25, -0.2) is 9.78 Å². The Hall–Kier alpha value is -3.42. The molecule has 0 radical (unpaired) electrons. The third-order valence-electron chi connectivity index (χ3n) is 4.41. The summed E-state index contributed by atoms with van der Waals surface area (Å²) in [6, 6.07) is 14.1. The van der Waals surface area contributed by atoms with Gasteiger partial charge in [-0.1, -0.05) is 30.3 Å². The highest BCUT2D eigenvalue weighted by atomic mass is 16.6. The second kappa shape index (κ2) is 6.47. The average Bonchev–Trinajstić information content (AvgIpc) is 3.03. The van der Waals surface area contributed by atoms with E-state index in [9.17, 15) is 14.9 Å². The maximum atomic E-state index is 12.3. The van der Waals surface area contributed by atoms with Gasteiger partial charge in [-0.05, 0) is 11.6 Å². The molecule has 4 rings (SSSR count). The van der Waals surface area contributed by atoms with Crippen molar-refractivity contribution in [3.63, 3.8) is 0 Å². The molecule has 0 unspecified atom stereocenters. The second-order valence-corrected chi connectivity index (χ2v) is 6.07. The fourth-order valence-electron chi connectivity index (χ4n) is 3.09. The number of nitro benzene ring substituents is 1. The minimum atomic E-state index is -0.439. The number of imidazole rings is 1. The quantitative estimate of drug-likeness (QED) is 0.534. The maximum absolute atomic E-state index is 12.3. The molecular weight excluding hydrogens is 336 g/mol. The van der Waals surface area contributed by atoms with Crippen LogP contribution in [0.25, 0.3) is 11.0 Å². The van der Waals surface area contributed by atoms with Gasteiger partial charge in [0.2, 0.25) is 0 Å². The van der Waals surface area contributed by atoms with Crippen LogP contribution in [-0.2, 0) is 24.4 Å². The molecule has 8 heteroatoms. The Bertz CT molecular complexity index is 984. The van der Waals surface area contributed by atoms with Gasteiger partial charge in [0.05, 0.1) is 22.5 Å². The molecule has 3 aromatic rings. The minimum Gasteiger partial charge on any atom is -0.445 e. The smallest absolute Gasteiger partial charge is 0.410 e. The molecule has 1 amide bonds. The fraction of sp³-hybridized carbons (Fsp3) is 0.222. The van der Waals surface area contributed by atoms with Crippen LogP contribution in [0.2, 0.25) is 0 Å². The summed E-state index contributed by atoms with van der Waals surface area (Å²) in [7, 11) is 0. The van der Waals surface area contributed by atoms with Gasteiger partial charge in [-0.15, -0.1) is 0 Å². The number of ether oxygens (including phenoxy) is 1. The number of non-ortho nitro benzene ring substituents is 1. The van der Waals surface area contributed by atoms with E-state index in [1.165, 1.54) is 12.1 Å². The molecule has 0 fully saturated rings. The van der Waals surface area contributed by atoms with Crippen molar-refractivity contribution in [3.8, 4) is 0 Å². The molecule has 0 aliphatic carbocycles. The van der Waals surface area contributed by atoms with Crippen molar-refractivity contribution in [2.45, 2.75) is 19.7 Å². The fourth-order valence-corrected chi connectivity index (χ4v) is 3.09. The van der Waals surface area contributed by atoms with E-state index in [-0.39, 0.29) is 12.3 Å². The summed E-state index contributed by atoms with van der Waals surface area (Å²) in [6.45, 7) is 1.61. The molecule has 0 N–H and O–H groups in total. The predicted molar refractivity (Wildman–Crippen MR) is 93.4 cm³/mol. The molecule has 0 atom stereocenters. The van der Waals surface area contributed by atoms with E-state index in [1.54, 1.807) is 11.0 Å². The van der Waals surface area contributed by atoms with Crippen molar-refractivity contribution >= 4 is 22.8 Å². The Labute approximate surface area is 148 Å². The van der Waals surface area contributed by atoms with E-state index in [4.69, 9.17) is 4.74 Å². The Morgan fingerprint density at radius 2 is 2.00 bits per heavy atom. The standard InChI is InChI=1S/C18H16N4O4/c23-18(26-12-13-4-2-1-3-5-13)20-8-9-21-16-7-6-14(22(24)25)10-15(16)19-17(21)11-20/h1-7,10H,8-9,11-12H2. The number of aromatic nitrogens is 2. The molecule has 26 heavy (non-hydrogen) atoms. The lowest BCUT2D eigenvalue weighted by Gasteiger charge is -2.27. The lowest BCUT2D eigenvalue weighted by atomic mass is 10.2. The summed E-state index contributed by atoms with van der Waals surface area (Å²) < 4.78 is 7.35. The van der Waals surface area contributed by atoms with E-state index < -0.39 is 11.0 Å². The van der Waals surface area contributed by atoms with Gasteiger partial charge in [0.1, 0.15) is 12.4 Å². The molecule has 1 aliphatic rings. The molecular formula is C18H16N4O4. The molecule has 0 spiro atoms. The molecule has 1 aliphatic heterocycles. The van der Waals surface area contributed by atoms with Crippen molar-refractivity contribution in [2.75, 3.05) is 6.54 Å². The van der Waals surface area contributed by atoms with E-state index in [2.05, 4.69) is 4.98 Å². The average molecular weight is 352 g/mol. The lowest BCUT2D eigenvalue weighted by Crippen LogP contribution is -2.38. The van der Waals surface area contributed by atoms with Gasteiger partial charge < -0.3 is 9.30 Å². The maximum Gasteiger partial charge on any atom is 0.410 e. The SMILES string of the molecule is O=C(OCc1ccccc1)N1CCn2c(nc3cc([N+](=O)[O-])ccc32)C1. The van der Waals surface area contributed by atoms with Crippen molar-refractivity contribution in [1.29, 1.82) is 0 Å². The number of fused-ring (bicyclic) bond motifs is 3. The predicted octanol–water partition coefficient (Wildman–Crippen LogP) is 3.10. The monoisotopic (exact) mass is 352 g/mol. The highest BCUT2D eigenvalue weighted by Crippen LogP contribution is 2.25. The van der Waals surface area contributed by atoms with Crippen LogP contribution in [0.5, 0.6) is 0 Å². The van der Waals surface area contributed by atoms with Gasteiger partial charge >= 0.3 is 6.09 Å². The van der Waals surface area contributed by atoms with E-state index in [0.717, 1.165) is 11.1 Å². The summed E-state index contributed by atoms with van der Waals surface area (Å²) in [5.41, 5.74) is 2.33. The number of benzene rings is 2. The van der Waals surface area contributed by atoms with Crippen LogP contribution in [0.1, 0.15) is 11.4 Å². The molecule has 1 aromatic heterocycles. The first-order valence-corrected chi connectivity index (χ1v) is 8.21. The van der Waals surface area contributed by atoms with Crippen molar-refractivity contribution in [3.05, 3.63) is 70.0 Å². The summed E-state index contributed by atoms with van der Waals surface area (Å²) in [5.74, 6) is 0.698. The molecule has 8 nitrogen and oxygen atoms in total. The van der Waals surface area contributed by atoms with Gasteiger partial charge in [0, 0.05) is 25.2 Å². The molecule has 2 heterocycles. The molecule has 132 valence electrons. The van der Waals surface area contributed by atoms with Crippen LogP contribution in [0.15, 0.2) is 48.5 Å². The van der Waals surface area contributed by atoms with Crippen LogP contribution >= 0.6 is 0 Å². The third-order valence-corrected chi connectivity index (χ3v) is 4.41. The molecule has 0 bridgehead atoms. The van der Waals surface area contributed by atoms with Crippen LogP contribution < -0.4 is 0 Å². The first-order valence-electron chi connectivity index (χ1n) is 8.21. The highest BCUT2D eigenvalue weighted by Gasteiger charge is 2.25.